The SMILES string of the molecule is c1ccc(-c2ccc(N(c3ccc(-c4ccc(N(c5ccc(-c6ccccc6)cc5)c5ccc(-c6cccc7ccccc67)cc5)cc4)cc3)c3ccc(-c4cccc(-c5ccccc5)c4)cc3)cc2)cc1. The van der Waals surface area contributed by atoms with E-state index >= 15 is 0 Å². The number of anilines is 6. The molecule has 0 saturated heterocycles. The molecule has 2 nitrogen and oxygen atoms in total. The van der Waals surface area contributed by atoms with Crippen LogP contribution in [0.1, 0.15) is 0 Å². The van der Waals surface area contributed by atoms with Crippen LogP contribution in [0.4, 0.5) is 34.1 Å². The van der Waals surface area contributed by atoms with Gasteiger partial charge in [0.15, 0.2) is 0 Å². The summed E-state index contributed by atoms with van der Waals surface area (Å²) in [7, 11) is 0. The molecule has 0 radical (unpaired) electrons. The first-order valence-corrected chi connectivity index (χ1v) is 24.6. The molecule has 2 heteroatoms. The third-order valence-corrected chi connectivity index (χ3v) is 13.7. The second-order valence-electron chi connectivity index (χ2n) is 18.2. The van der Waals surface area contributed by atoms with Crippen LogP contribution in [0.15, 0.2) is 303 Å². The third kappa shape index (κ3) is 9.09. The first-order chi connectivity index (χ1) is 35.7. The summed E-state index contributed by atoms with van der Waals surface area (Å²) in [4.78, 5) is 4.69. The standard InChI is InChI=1S/C70H50N2/c1-4-14-51(15-5-1)54-26-38-63(39-27-54)71(67-46-34-58(35-47-67)62-23-12-22-61(50-62)53-18-8-3-9-19-53)65-42-30-56(31-43-65)57-32-44-66(45-33-57)72(64-40-28-55(29-41-64)52-16-6-2-7-17-52)68-48-36-60(37-49-68)70-25-13-21-59-20-10-11-24-69(59)70/h1-50H. The predicted octanol–water partition coefficient (Wildman–Crippen LogP) is 19.8. The van der Waals surface area contributed by atoms with E-state index in [4.69, 9.17) is 0 Å². The van der Waals surface area contributed by atoms with Crippen molar-refractivity contribution in [2.75, 3.05) is 9.80 Å². The van der Waals surface area contributed by atoms with Gasteiger partial charge < -0.3 is 9.80 Å². The predicted molar refractivity (Wildman–Crippen MR) is 306 cm³/mol. The van der Waals surface area contributed by atoms with E-state index in [2.05, 4.69) is 313 Å². The van der Waals surface area contributed by atoms with Gasteiger partial charge in [-0.05, 0) is 156 Å². The Balaban J connectivity index is 0.858. The smallest absolute Gasteiger partial charge is 0.0462 e. The minimum Gasteiger partial charge on any atom is -0.311 e. The minimum absolute atomic E-state index is 1.08. The van der Waals surface area contributed by atoms with Crippen molar-refractivity contribution >= 4 is 44.9 Å². The van der Waals surface area contributed by atoms with Crippen molar-refractivity contribution in [1.82, 2.24) is 0 Å². The van der Waals surface area contributed by atoms with E-state index in [-0.39, 0.29) is 0 Å². The molecule has 12 aromatic carbocycles. The Labute approximate surface area is 422 Å². The molecule has 0 spiro atoms. The van der Waals surface area contributed by atoms with Gasteiger partial charge in [-0.25, -0.2) is 0 Å². The molecule has 12 rings (SSSR count). The zero-order valence-electron chi connectivity index (χ0n) is 39.8. The molecule has 0 aliphatic heterocycles. The van der Waals surface area contributed by atoms with Crippen molar-refractivity contribution in [3.8, 4) is 66.8 Å². The Morgan fingerprint density at radius 2 is 0.417 bits per heavy atom. The monoisotopic (exact) mass is 918 g/mol. The molecular weight excluding hydrogens is 869 g/mol. The topological polar surface area (TPSA) is 6.48 Å². The zero-order chi connectivity index (χ0) is 48.1. The lowest BCUT2D eigenvalue weighted by atomic mass is 9.98. The van der Waals surface area contributed by atoms with Crippen molar-refractivity contribution in [3.05, 3.63) is 303 Å². The van der Waals surface area contributed by atoms with Gasteiger partial charge in [0.25, 0.3) is 0 Å². The van der Waals surface area contributed by atoms with Gasteiger partial charge in [-0.3, -0.25) is 0 Å². The number of nitrogens with zero attached hydrogens (tertiary/aromatic N) is 2. The quantitative estimate of drug-likeness (QED) is 0.120. The highest BCUT2D eigenvalue weighted by atomic mass is 15.1. The summed E-state index contributed by atoms with van der Waals surface area (Å²) in [5, 5.41) is 2.50. The molecule has 0 atom stereocenters. The van der Waals surface area contributed by atoms with Crippen molar-refractivity contribution in [2.24, 2.45) is 0 Å². The molecule has 0 aromatic heterocycles. The van der Waals surface area contributed by atoms with Crippen molar-refractivity contribution in [2.45, 2.75) is 0 Å². The maximum Gasteiger partial charge on any atom is 0.0462 e. The summed E-state index contributed by atoms with van der Waals surface area (Å²) in [6, 6.07) is 109. The van der Waals surface area contributed by atoms with Gasteiger partial charge in [0.1, 0.15) is 0 Å². The van der Waals surface area contributed by atoms with Crippen molar-refractivity contribution in [3.63, 3.8) is 0 Å². The van der Waals surface area contributed by atoms with Gasteiger partial charge in [-0.2, -0.15) is 0 Å². The molecule has 0 fully saturated rings. The Morgan fingerprint density at radius 3 is 0.792 bits per heavy atom. The number of fused-ring (bicyclic) bond motifs is 1. The van der Waals surface area contributed by atoms with Gasteiger partial charge in [0, 0.05) is 34.1 Å². The average Bonchev–Trinajstić information content (AvgIpc) is 3.47. The van der Waals surface area contributed by atoms with E-state index in [0.717, 1.165) is 45.3 Å². The normalized spacial score (nSPS) is 11.1. The second kappa shape index (κ2) is 19.8. The summed E-state index contributed by atoms with van der Waals surface area (Å²) in [6.07, 6.45) is 0. The summed E-state index contributed by atoms with van der Waals surface area (Å²) in [5.41, 5.74) is 20.8. The van der Waals surface area contributed by atoms with E-state index < -0.39 is 0 Å². The molecule has 0 bridgehead atoms. The first-order valence-electron chi connectivity index (χ1n) is 24.6. The molecule has 0 heterocycles. The van der Waals surface area contributed by atoms with E-state index in [1.54, 1.807) is 0 Å². The molecule has 340 valence electrons. The molecule has 0 saturated carbocycles. The fourth-order valence-electron chi connectivity index (χ4n) is 9.95. The highest BCUT2D eigenvalue weighted by molar-refractivity contribution is 5.97. The van der Waals surface area contributed by atoms with E-state index in [0.29, 0.717) is 0 Å². The second-order valence-corrected chi connectivity index (χ2v) is 18.2. The maximum atomic E-state index is 2.35. The number of hydrogen-bond donors (Lipinski definition) is 0. The van der Waals surface area contributed by atoms with Gasteiger partial charge in [-0.15, -0.1) is 0 Å². The van der Waals surface area contributed by atoms with Gasteiger partial charge in [-0.1, -0.05) is 224 Å². The zero-order valence-corrected chi connectivity index (χ0v) is 39.8. The van der Waals surface area contributed by atoms with Gasteiger partial charge >= 0.3 is 0 Å². The highest BCUT2D eigenvalue weighted by Crippen LogP contribution is 2.41. The van der Waals surface area contributed by atoms with Crippen molar-refractivity contribution in [1.29, 1.82) is 0 Å². The van der Waals surface area contributed by atoms with Crippen LogP contribution in [-0.2, 0) is 0 Å². The van der Waals surface area contributed by atoms with Crippen LogP contribution >= 0.6 is 0 Å². The summed E-state index contributed by atoms with van der Waals surface area (Å²) >= 11 is 0. The number of hydrogen-bond acceptors (Lipinski definition) is 2. The lowest BCUT2D eigenvalue weighted by molar-refractivity contribution is 1.28. The molecule has 0 amide bonds. The third-order valence-electron chi connectivity index (χ3n) is 13.7. The molecule has 0 N–H and O–H groups in total. The summed E-state index contributed by atoms with van der Waals surface area (Å²) in [5.74, 6) is 0. The fourth-order valence-corrected chi connectivity index (χ4v) is 9.95. The average molecular weight is 919 g/mol. The van der Waals surface area contributed by atoms with Crippen LogP contribution in [0.5, 0.6) is 0 Å². The van der Waals surface area contributed by atoms with Gasteiger partial charge in [0.05, 0.1) is 0 Å². The Bertz CT molecular complexity index is 3710. The fraction of sp³-hybridized carbons (Fsp3) is 0. The largest absolute Gasteiger partial charge is 0.311 e. The van der Waals surface area contributed by atoms with E-state index in [9.17, 15) is 0 Å². The molecule has 72 heavy (non-hydrogen) atoms. The first kappa shape index (κ1) is 43.8. The van der Waals surface area contributed by atoms with Crippen LogP contribution in [0, 0.1) is 0 Å². The maximum absolute atomic E-state index is 2.35. The minimum atomic E-state index is 1.08. The van der Waals surface area contributed by atoms with Gasteiger partial charge in [0.2, 0.25) is 0 Å². The van der Waals surface area contributed by atoms with E-state index in [1.807, 2.05) is 0 Å². The van der Waals surface area contributed by atoms with Crippen LogP contribution in [0.2, 0.25) is 0 Å². The molecular formula is C70H50N2. The van der Waals surface area contributed by atoms with Crippen molar-refractivity contribution < 1.29 is 0 Å². The van der Waals surface area contributed by atoms with Crippen LogP contribution < -0.4 is 9.80 Å². The molecule has 0 aliphatic rings. The van der Waals surface area contributed by atoms with Crippen LogP contribution in [0.25, 0.3) is 77.5 Å². The summed E-state index contributed by atoms with van der Waals surface area (Å²) in [6.45, 7) is 0. The number of rotatable bonds is 12. The Hall–Kier alpha value is -9.50. The lowest BCUT2D eigenvalue weighted by Crippen LogP contribution is -2.10. The van der Waals surface area contributed by atoms with Crippen LogP contribution in [-0.4, -0.2) is 0 Å². The van der Waals surface area contributed by atoms with E-state index in [1.165, 1.54) is 66.4 Å². The number of benzene rings is 12. The Morgan fingerprint density at radius 1 is 0.167 bits per heavy atom. The molecule has 0 aliphatic carbocycles. The lowest BCUT2D eigenvalue weighted by Gasteiger charge is -2.27. The summed E-state index contributed by atoms with van der Waals surface area (Å²) < 4.78 is 0. The van der Waals surface area contributed by atoms with Crippen LogP contribution in [0.3, 0.4) is 0 Å². The molecule has 12 aromatic rings. The molecule has 0 unspecified atom stereocenters. The Kier molecular flexibility index (Phi) is 12.1. The highest BCUT2D eigenvalue weighted by Gasteiger charge is 2.17.